The molecule has 2 N–H and O–H groups in total. The molecular weight excluding hydrogens is 392 g/mol. The average molecular weight is 429 g/mol. The van der Waals surface area contributed by atoms with E-state index in [1.165, 1.54) is 6.26 Å². The molecule has 0 unspecified atom stereocenters. The first kappa shape index (κ1) is 24.3. The van der Waals surface area contributed by atoms with Gasteiger partial charge < -0.3 is 24.9 Å². The molecule has 0 aliphatic carbocycles. The molecule has 1 heterocycles. The fraction of sp³-hybridized carbons (Fsp3) is 0.500. The van der Waals surface area contributed by atoms with Crippen molar-refractivity contribution in [2.45, 2.75) is 59.7 Å². The highest BCUT2D eigenvalue weighted by atomic mass is 16.3. The van der Waals surface area contributed by atoms with E-state index in [1.54, 1.807) is 12.1 Å². The van der Waals surface area contributed by atoms with Gasteiger partial charge in [0.15, 0.2) is 5.76 Å². The van der Waals surface area contributed by atoms with Crippen LogP contribution in [0.1, 0.15) is 57.7 Å². The number of nitrogens with zero attached hydrogens (tertiary/aromatic N) is 2. The van der Waals surface area contributed by atoms with Gasteiger partial charge in [-0.05, 0) is 69.5 Å². The second kappa shape index (κ2) is 9.90. The summed E-state index contributed by atoms with van der Waals surface area (Å²) in [5.74, 6) is 0.222. The van der Waals surface area contributed by atoms with Gasteiger partial charge in [0.05, 0.1) is 6.26 Å². The zero-order chi connectivity index (χ0) is 23.3. The zero-order valence-corrected chi connectivity index (χ0v) is 19.9. The first-order valence-corrected chi connectivity index (χ1v) is 10.6. The molecule has 3 amide bonds. The molecule has 31 heavy (non-hydrogen) atoms. The van der Waals surface area contributed by atoms with Crippen LogP contribution >= 0.6 is 0 Å². The van der Waals surface area contributed by atoms with E-state index in [-0.39, 0.29) is 35.2 Å². The molecule has 0 bridgehead atoms. The summed E-state index contributed by atoms with van der Waals surface area (Å²) in [5.41, 5.74) is 2.24. The van der Waals surface area contributed by atoms with Crippen LogP contribution in [0.4, 0.5) is 16.2 Å². The molecule has 0 saturated heterocycles. The minimum absolute atomic E-state index is 0.0266. The minimum atomic E-state index is -0.338. The summed E-state index contributed by atoms with van der Waals surface area (Å²) in [7, 11) is 3.93. The summed E-state index contributed by atoms with van der Waals surface area (Å²) in [5, 5.41) is 5.95. The highest BCUT2D eigenvalue weighted by Crippen LogP contribution is 2.27. The van der Waals surface area contributed by atoms with Gasteiger partial charge in [0.1, 0.15) is 0 Å². The van der Waals surface area contributed by atoms with Crippen LogP contribution in [0.15, 0.2) is 41.0 Å². The maximum Gasteiger partial charge on any atom is 0.318 e. The Hall–Kier alpha value is -2.96. The number of hydrogen-bond acceptors (Lipinski definition) is 4. The number of benzene rings is 1. The molecule has 0 aliphatic heterocycles. The monoisotopic (exact) mass is 428 g/mol. The number of anilines is 2. The van der Waals surface area contributed by atoms with Crippen LogP contribution in [0.2, 0.25) is 0 Å². The fourth-order valence-corrected chi connectivity index (χ4v) is 3.16. The van der Waals surface area contributed by atoms with Gasteiger partial charge in [-0.1, -0.05) is 13.8 Å². The summed E-state index contributed by atoms with van der Waals surface area (Å²) < 4.78 is 5.18. The van der Waals surface area contributed by atoms with Crippen molar-refractivity contribution >= 4 is 23.3 Å². The van der Waals surface area contributed by atoms with E-state index in [0.717, 1.165) is 11.3 Å². The normalized spacial score (nSPS) is 12.4. The number of rotatable bonds is 7. The van der Waals surface area contributed by atoms with Crippen molar-refractivity contribution < 1.29 is 14.0 Å². The van der Waals surface area contributed by atoms with Crippen molar-refractivity contribution in [3.63, 3.8) is 0 Å². The molecule has 7 nitrogen and oxygen atoms in total. The lowest BCUT2D eigenvalue weighted by Crippen LogP contribution is -2.52. The Kier molecular flexibility index (Phi) is 7.76. The molecule has 170 valence electrons. The van der Waals surface area contributed by atoms with Gasteiger partial charge >= 0.3 is 6.03 Å². The maximum absolute atomic E-state index is 13.1. The van der Waals surface area contributed by atoms with Gasteiger partial charge in [-0.15, -0.1) is 0 Å². The fourth-order valence-electron chi connectivity index (χ4n) is 3.16. The van der Waals surface area contributed by atoms with Crippen molar-refractivity contribution in [1.29, 1.82) is 0 Å². The highest BCUT2D eigenvalue weighted by molar-refractivity contribution is 6.02. The Balaban J connectivity index is 2.36. The van der Waals surface area contributed by atoms with E-state index in [4.69, 9.17) is 4.42 Å². The highest BCUT2D eigenvalue weighted by Gasteiger charge is 2.27. The van der Waals surface area contributed by atoms with Gasteiger partial charge in [0.25, 0.3) is 5.91 Å². The number of amides is 3. The predicted octanol–water partition coefficient (Wildman–Crippen LogP) is 4.95. The maximum atomic E-state index is 13.1. The number of furan rings is 1. The second-order valence-electron chi connectivity index (χ2n) is 9.46. The van der Waals surface area contributed by atoms with Crippen LogP contribution in [-0.2, 0) is 6.54 Å². The topological polar surface area (TPSA) is 77.8 Å². The Labute approximate surface area is 185 Å². The average Bonchev–Trinajstić information content (AvgIpc) is 3.18. The van der Waals surface area contributed by atoms with E-state index >= 15 is 0 Å². The van der Waals surface area contributed by atoms with Crippen molar-refractivity contribution in [3.05, 3.63) is 47.9 Å². The van der Waals surface area contributed by atoms with Crippen molar-refractivity contribution in [2.75, 3.05) is 24.3 Å². The summed E-state index contributed by atoms with van der Waals surface area (Å²) in [4.78, 5) is 29.4. The van der Waals surface area contributed by atoms with Crippen LogP contribution in [0, 0.1) is 5.92 Å². The van der Waals surface area contributed by atoms with Crippen LogP contribution in [0.5, 0.6) is 0 Å². The van der Waals surface area contributed by atoms with Crippen molar-refractivity contribution in [1.82, 2.24) is 10.2 Å². The van der Waals surface area contributed by atoms with E-state index in [1.807, 2.05) is 62.9 Å². The predicted molar refractivity (Wildman–Crippen MR) is 126 cm³/mol. The molecule has 2 rings (SSSR count). The van der Waals surface area contributed by atoms with Crippen LogP contribution in [0.25, 0.3) is 0 Å². The van der Waals surface area contributed by atoms with Gasteiger partial charge in [-0.25, -0.2) is 4.79 Å². The van der Waals surface area contributed by atoms with Crippen LogP contribution in [0.3, 0.4) is 0 Å². The molecule has 0 fully saturated rings. The molecule has 1 atom stereocenters. The first-order chi connectivity index (χ1) is 14.4. The van der Waals surface area contributed by atoms with E-state index in [9.17, 15) is 9.59 Å². The number of urea groups is 1. The van der Waals surface area contributed by atoms with Crippen molar-refractivity contribution in [3.8, 4) is 0 Å². The third-order valence-corrected chi connectivity index (χ3v) is 5.10. The Bertz CT molecular complexity index is 883. The number of carbonyl (C=O) groups excluding carboxylic acids is 2. The van der Waals surface area contributed by atoms with Crippen LogP contribution < -0.4 is 15.5 Å². The number of nitrogens with one attached hydrogen (secondary N) is 2. The quantitative estimate of drug-likeness (QED) is 0.654. The van der Waals surface area contributed by atoms with E-state index < -0.39 is 0 Å². The van der Waals surface area contributed by atoms with Gasteiger partial charge in [0, 0.05) is 43.6 Å². The minimum Gasteiger partial charge on any atom is -0.459 e. The second-order valence-corrected chi connectivity index (χ2v) is 9.46. The smallest absolute Gasteiger partial charge is 0.318 e. The molecule has 0 radical (unpaired) electrons. The molecule has 0 aliphatic rings. The van der Waals surface area contributed by atoms with Crippen LogP contribution in [-0.4, -0.2) is 42.5 Å². The lowest BCUT2D eigenvalue weighted by Gasteiger charge is -2.35. The molecule has 1 aromatic carbocycles. The van der Waals surface area contributed by atoms with Gasteiger partial charge in [-0.2, -0.15) is 0 Å². The molecule has 1 aromatic heterocycles. The van der Waals surface area contributed by atoms with Crippen molar-refractivity contribution in [2.24, 2.45) is 5.92 Å². The Morgan fingerprint density at radius 3 is 2.29 bits per heavy atom. The number of carbonyl (C=O) groups is 2. The molecular formula is C24H36N4O3. The summed E-state index contributed by atoms with van der Waals surface area (Å²) in [6.45, 7) is 12.6. The SMILES string of the molecule is CC(C)[C@@H](C)N(Cc1cc(NC(=O)c2ccco2)ccc1N(C)C)C(=O)NC(C)(C)C. The molecule has 0 spiro atoms. The van der Waals surface area contributed by atoms with Gasteiger partial charge in [-0.3, -0.25) is 4.79 Å². The van der Waals surface area contributed by atoms with Gasteiger partial charge in [0.2, 0.25) is 0 Å². The molecule has 0 saturated carbocycles. The first-order valence-electron chi connectivity index (χ1n) is 10.6. The third kappa shape index (κ3) is 6.77. The Morgan fingerprint density at radius 1 is 1.10 bits per heavy atom. The summed E-state index contributed by atoms with van der Waals surface area (Å²) in [6, 6.07) is 8.93. The standard InChI is InChI=1S/C24H36N4O3/c1-16(2)17(3)28(23(30)26-24(4,5)6)15-18-14-19(11-12-20(18)27(7)8)25-22(29)21-10-9-13-31-21/h9-14,16-17H,15H2,1-8H3,(H,25,29)(H,26,30)/t17-/m1/s1. The molecule has 7 heteroatoms. The van der Waals surface area contributed by atoms with E-state index in [0.29, 0.717) is 12.2 Å². The summed E-state index contributed by atoms with van der Waals surface area (Å²) in [6.07, 6.45) is 1.47. The Morgan fingerprint density at radius 2 is 1.77 bits per heavy atom. The lowest BCUT2D eigenvalue weighted by atomic mass is 10.0. The summed E-state index contributed by atoms with van der Waals surface area (Å²) >= 11 is 0. The van der Waals surface area contributed by atoms with E-state index in [2.05, 4.69) is 31.4 Å². The lowest BCUT2D eigenvalue weighted by molar-refractivity contribution is 0.0996. The third-order valence-electron chi connectivity index (χ3n) is 5.10. The zero-order valence-electron chi connectivity index (χ0n) is 19.9. The molecule has 2 aromatic rings. The number of hydrogen-bond donors (Lipinski definition) is 2. The largest absolute Gasteiger partial charge is 0.459 e.